The van der Waals surface area contributed by atoms with Crippen molar-refractivity contribution >= 4 is 11.9 Å². The fourth-order valence-corrected chi connectivity index (χ4v) is 0.784. The molecule has 0 bridgehead atoms. The minimum atomic E-state index is -0.317. The van der Waals surface area contributed by atoms with Crippen LogP contribution in [-0.2, 0) is 19.1 Å². The maximum atomic E-state index is 10.8. The molecule has 15 heavy (non-hydrogen) atoms. The molecule has 0 aliphatic rings. The first-order valence-electron chi connectivity index (χ1n) is 4.73. The molecule has 0 aromatic rings. The normalized spacial score (nSPS) is 9.07. The van der Waals surface area contributed by atoms with Crippen LogP contribution in [-0.4, -0.2) is 25.2 Å². The van der Waals surface area contributed by atoms with Gasteiger partial charge in [0.15, 0.2) is 0 Å². The summed E-state index contributed by atoms with van der Waals surface area (Å²) in [4.78, 5) is 21.7. The maximum absolute atomic E-state index is 10.8. The highest BCUT2D eigenvalue weighted by molar-refractivity contribution is 5.71. The van der Waals surface area contributed by atoms with Crippen LogP contribution in [0.25, 0.3) is 0 Å². The Balaban J connectivity index is 3.31. The second kappa shape index (κ2) is 8.99. The molecule has 0 aliphatic heterocycles. The number of hydrogen-bond donors (Lipinski definition) is 0. The number of hydrogen-bond acceptors (Lipinski definition) is 4. The van der Waals surface area contributed by atoms with Crippen LogP contribution < -0.4 is 0 Å². The first-order chi connectivity index (χ1) is 7.20. The Labute approximate surface area is 89.6 Å². The van der Waals surface area contributed by atoms with E-state index in [1.807, 2.05) is 0 Å². The summed E-state index contributed by atoms with van der Waals surface area (Å²) in [6.07, 6.45) is 3.87. The molecule has 4 heteroatoms. The predicted molar refractivity (Wildman–Crippen MR) is 56.2 cm³/mol. The van der Waals surface area contributed by atoms with Crippen molar-refractivity contribution in [1.29, 1.82) is 0 Å². The van der Waals surface area contributed by atoms with Gasteiger partial charge in [0, 0.05) is 6.42 Å². The Kier molecular flexibility index (Phi) is 8.05. The second-order valence-electron chi connectivity index (χ2n) is 2.78. The van der Waals surface area contributed by atoms with Gasteiger partial charge in [0.1, 0.15) is 0 Å². The first-order valence-corrected chi connectivity index (χ1v) is 4.73. The Morgan fingerprint density at radius 2 is 1.33 bits per heavy atom. The number of rotatable bonds is 8. The lowest BCUT2D eigenvalue weighted by atomic mass is 10.4. The van der Waals surface area contributed by atoms with Gasteiger partial charge in [-0.25, -0.2) is 0 Å². The zero-order chi connectivity index (χ0) is 11.5. The average Bonchev–Trinajstić information content (AvgIpc) is 2.18. The minimum Gasteiger partial charge on any atom is -0.465 e. The van der Waals surface area contributed by atoms with Crippen LogP contribution in [0.15, 0.2) is 25.3 Å². The van der Waals surface area contributed by atoms with Crippen LogP contribution in [0.5, 0.6) is 0 Å². The van der Waals surface area contributed by atoms with Gasteiger partial charge in [0.2, 0.25) is 0 Å². The van der Waals surface area contributed by atoms with Gasteiger partial charge < -0.3 is 9.47 Å². The molecule has 0 amide bonds. The van der Waals surface area contributed by atoms with E-state index in [1.54, 1.807) is 0 Å². The van der Waals surface area contributed by atoms with Crippen LogP contribution in [0, 0.1) is 0 Å². The summed E-state index contributed by atoms with van der Waals surface area (Å²) in [5.74, 6) is -0.634. The molecule has 0 heterocycles. The van der Waals surface area contributed by atoms with Gasteiger partial charge in [-0.15, -0.1) is 13.2 Å². The highest BCUT2D eigenvalue weighted by atomic mass is 16.5. The Bertz CT molecular complexity index is 209. The molecule has 0 aromatic carbocycles. The zero-order valence-corrected chi connectivity index (χ0v) is 8.74. The summed E-state index contributed by atoms with van der Waals surface area (Å²) >= 11 is 0. The maximum Gasteiger partial charge on any atom is 0.309 e. The predicted octanol–water partition coefficient (Wildman–Crippen LogP) is 1.62. The van der Waals surface area contributed by atoms with Gasteiger partial charge in [-0.05, 0) is 0 Å². The fraction of sp³-hybridized carbons (Fsp3) is 0.455. The monoisotopic (exact) mass is 212 g/mol. The third kappa shape index (κ3) is 8.74. The van der Waals surface area contributed by atoms with Gasteiger partial charge in [0.25, 0.3) is 0 Å². The molecule has 0 fully saturated rings. The number of carbonyl (C=O) groups is 2. The molecule has 84 valence electrons. The summed E-state index contributed by atoms with van der Waals surface area (Å²) < 4.78 is 9.61. The van der Waals surface area contributed by atoms with Crippen molar-refractivity contribution in [3.63, 3.8) is 0 Å². The molecule has 4 nitrogen and oxygen atoms in total. The SMILES string of the molecule is C=CCC(=O)OCCCOC(=O)CC=C. The van der Waals surface area contributed by atoms with Crippen LogP contribution in [0.3, 0.4) is 0 Å². The van der Waals surface area contributed by atoms with Crippen molar-refractivity contribution in [2.24, 2.45) is 0 Å². The molecule has 0 spiro atoms. The van der Waals surface area contributed by atoms with Crippen LogP contribution in [0.2, 0.25) is 0 Å². The summed E-state index contributed by atoms with van der Waals surface area (Å²) in [5, 5.41) is 0. The molecule has 0 saturated carbocycles. The van der Waals surface area contributed by atoms with Gasteiger partial charge in [-0.2, -0.15) is 0 Å². The van der Waals surface area contributed by atoms with Crippen molar-refractivity contribution in [1.82, 2.24) is 0 Å². The molecule has 0 radical (unpaired) electrons. The van der Waals surface area contributed by atoms with E-state index in [1.165, 1.54) is 12.2 Å². The van der Waals surface area contributed by atoms with Crippen molar-refractivity contribution in [3.05, 3.63) is 25.3 Å². The van der Waals surface area contributed by atoms with Gasteiger partial charge in [-0.1, -0.05) is 12.2 Å². The molecule has 0 saturated heterocycles. The van der Waals surface area contributed by atoms with Crippen molar-refractivity contribution in [2.45, 2.75) is 19.3 Å². The van der Waals surface area contributed by atoms with Crippen molar-refractivity contribution in [2.75, 3.05) is 13.2 Å². The highest BCUT2D eigenvalue weighted by Crippen LogP contribution is 1.92. The quantitative estimate of drug-likeness (QED) is 0.348. The van der Waals surface area contributed by atoms with Crippen molar-refractivity contribution < 1.29 is 19.1 Å². The lowest BCUT2D eigenvalue weighted by Crippen LogP contribution is -2.09. The van der Waals surface area contributed by atoms with Crippen molar-refractivity contribution in [3.8, 4) is 0 Å². The lowest BCUT2D eigenvalue weighted by Gasteiger charge is -2.04. The van der Waals surface area contributed by atoms with E-state index >= 15 is 0 Å². The van der Waals surface area contributed by atoms with E-state index in [9.17, 15) is 9.59 Å². The lowest BCUT2D eigenvalue weighted by molar-refractivity contribution is -0.145. The minimum absolute atomic E-state index is 0.205. The molecular formula is C11H16O4. The number of carbonyl (C=O) groups excluding carboxylic acids is 2. The molecular weight excluding hydrogens is 196 g/mol. The van der Waals surface area contributed by atoms with Gasteiger partial charge >= 0.3 is 11.9 Å². The first kappa shape index (κ1) is 13.4. The smallest absolute Gasteiger partial charge is 0.309 e. The Morgan fingerprint density at radius 1 is 0.933 bits per heavy atom. The molecule has 0 aromatic heterocycles. The zero-order valence-electron chi connectivity index (χ0n) is 8.74. The summed E-state index contributed by atoms with van der Waals surface area (Å²) in [6.45, 7) is 7.33. The van der Waals surface area contributed by atoms with E-state index in [2.05, 4.69) is 13.2 Å². The molecule has 0 unspecified atom stereocenters. The standard InChI is InChI=1S/C11H16O4/c1-3-6-10(12)14-8-5-9-15-11(13)7-4-2/h3-4H,1-2,5-9H2. The largest absolute Gasteiger partial charge is 0.465 e. The van der Waals surface area contributed by atoms with Crippen LogP contribution in [0.4, 0.5) is 0 Å². The van der Waals surface area contributed by atoms with E-state index in [0.29, 0.717) is 6.42 Å². The van der Waals surface area contributed by atoms with Gasteiger partial charge in [-0.3, -0.25) is 9.59 Å². The molecule has 0 aliphatic carbocycles. The Hall–Kier alpha value is -1.58. The van der Waals surface area contributed by atoms with E-state index in [-0.39, 0.29) is 38.0 Å². The summed E-state index contributed by atoms with van der Waals surface area (Å²) in [5.41, 5.74) is 0. The van der Waals surface area contributed by atoms with E-state index in [4.69, 9.17) is 9.47 Å². The summed E-state index contributed by atoms with van der Waals surface area (Å²) in [6, 6.07) is 0. The number of esters is 2. The topological polar surface area (TPSA) is 52.6 Å². The van der Waals surface area contributed by atoms with E-state index in [0.717, 1.165) is 0 Å². The molecule has 0 N–H and O–H groups in total. The van der Waals surface area contributed by atoms with Crippen LogP contribution >= 0.6 is 0 Å². The van der Waals surface area contributed by atoms with Gasteiger partial charge in [0.05, 0.1) is 26.1 Å². The second-order valence-corrected chi connectivity index (χ2v) is 2.78. The highest BCUT2D eigenvalue weighted by Gasteiger charge is 2.01. The summed E-state index contributed by atoms with van der Waals surface area (Å²) in [7, 11) is 0. The average molecular weight is 212 g/mol. The fourth-order valence-electron chi connectivity index (χ4n) is 0.784. The van der Waals surface area contributed by atoms with E-state index < -0.39 is 0 Å². The number of ether oxygens (including phenoxy) is 2. The Morgan fingerprint density at radius 3 is 1.67 bits per heavy atom. The molecule has 0 atom stereocenters. The molecule has 0 rings (SSSR count). The third-order valence-electron chi connectivity index (χ3n) is 1.44. The van der Waals surface area contributed by atoms with Crippen LogP contribution in [0.1, 0.15) is 19.3 Å². The third-order valence-corrected chi connectivity index (χ3v) is 1.44.